The van der Waals surface area contributed by atoms with E-state index in [1.165, 1.54) is 6.26 Å². The van der Waals surface area contributed by atoms with E-state index in [9.17, 15) is 14.4 Å². The molecule has 3 amide bonds. The predicted molar refractivity (Wildman–Crippen MR) is 119 cm³/mol. The molecule has 1 heterocycles. The van der Waals surface area contributed by atoms with E-state index >= 15 is 0 Å². The molecule has 0 aliphatic rings. The lowest BCUT2D eigenvalue weighted by Crippen LogP contribution is -2.44. The second-order valence-corrected chi connectivity index (χ2v) is 6.97. The Morgan fingerprint density at radius 2 is 1.48 bits per heavy atom. The van der Waals surface area contributed by atoms with E-state index in [4.69, 9.17) is 13.9 Å². The van der Waals surface area contributed by atoms with E-state index < -0.39 is 5.91 Å². The first-order valence-corrected chi connectivity index (χ1v) is 10.4. The summed E-state index contributed by atoms with van der Waals surface area (Å²) in [7, 11) is 0. The van der Waals surface area contributed by atoms with Gasteiger partial charge in [0, 0.05) is 13.0 Å². The Kier molecular flexibility index (Phi) is 8.90. The number of hydrogen-bond donors (Lipinski definition) is 3. The van der Waals surface area contributed by atoms with Crippen LogP contribution in [0.15, 0.2) is 77.4 Å². The van der Waals surface area contributed by atoms with Gasteiger partial charge in [-0.2, -0.15) is 0 Å². The molecule has 3 N–H and O–H groups in total. The molecule has 0 radical (unpaired) electrons. The van der Waals surface area contributed by atoms with E-state index in [1.54, 1.807) is 36.4 Å². The maximum absolute atomic E-state index is 11.9. The standard InChI is InChI=1S/C24H25N3O6/c28-22(9-4-14-25-24(30)21-8-5-15-31-21)26-27-23(29)17-33-20-12-10-19(11-13-20)32-16-18-6-2-1-3-7-18/h1-3,5-8,10-13,15H,4,9,14,16-17H2,(H,25,30)(H,26,28)(H,27,29). The summed E-state index contributed by atoms with van der Waals surface area (Å²) in [6.45, 7) is 0.498. The SMILES string of the molecule is O=C(CCCNC(=O)c1ccco1)NNC(=O)COc1ccc(OCc2ccccc2)cc1. The van der Waals surface area contributed by atoms with Crippen molar-refractivity contribution in [3.8, 4) is 11.5 Å². The van der Waals surface area contributed by atoms with Crippen LogP contribution >= 0.6 is 0 Å². The number of hydrazine groups is 1. The van der Waals surface area contributed by atoms with Crippen molar-refractivity contribution in [2.75, 3.05) is 13.2 Å². The van der Waals surface area contributed by atoms with Crippen LogP contribution in [-0.2, 0) is 16.2 Å². The highest BCUT2D eigenvalue weighted by Gasteiger charge is 2.09. The van der Waals surface area contributed by atoms with Crippen LogP contribution in [0.5, 0.6) is 11.5 Å². The van der Waals surface area contributed by atoms with Gasteiger partial charge in [-0.1, -0.05) is 30.3 Å². The minimum absolute atomic E-state index is 0.129. The Morgan fingerprint density at radius 1 is 0.788 bits per heavy atom. The first kappa shape index (κ1) is 23.4. The van der Waals surface area contributed by atoms with Gasteiger partial charge in [0.15, 0.2) is 12.4 Å². The smallest absolute Gasteiger partial charge is 0.286 e. The molecule has 3 rings (SSSR count). The number of rotatable bonds is 11. The van der Waals surface area contributed by atoms with Crippen molar-refractivity contribution in [3.05, 3.63) is 84.3 Å². The van der Waals surface area contributed by atoms with Gasteiger partial charge in [0.2, 0.25) is 5.91 Å². The van der Waals surface area contributed by atoms with Crippen LogP contribution in [0.25, 0.3) is 0 Å². The fourth-order valence-electron chi connectivity index (χ4n) is 2.71. The Hall–Kier alpha value is -4.27. The van der Waals surface area contributed by atoms with E-state index in [0.717, 1.165) is 5.56 Å². The van der Waals surface area contributed by atoms with Gasteiger partial charge in [0.05, 0.1) is 6.26 Å². The molecule has 9 heteroatoms. The zero-order valence-electron chi connectivity index (χ0n) is 17.9. The molecule has 9 nitrogen and oxygen atoms in total. The minimum Gasteiger partial charge on any atom is -0.489 e. The summed E-state index contributed by atoms with van der Waals surface area (Å²) in [6, 6.07) is 19.9. The molecule has 0 atom stereocenters. The highest BCUT2D eigenvalue weighted by atomic mass is 16.5. The molecule has 0 saturated heterocycles. The Bertz CT molecular complexity index is 1020. The molecule has 33 heavy (non-hydrogen) atoms. The number of benzene rings is 2. The van der Waals surface area contributed by atoms with Gasteiger partial charge in [0.1, 0.15) is 18.1 Å². The molecule has 0 aliphatic carbocycles. The van der Waals surface area contributed by atoms with E-state index in [1.807, 2.05) is 30.3 Å². The molecule has 3 aromatic rings. The molecule has 0 bridgehead atoms. The third-order valence-electron chi connectivity index (χ3n) is 4.39. The maximum atomic E-state index is 11.9. The molecular weight excluding hydrogens is 426 g/mol. The molecule has 0 spiro atoms. The van der Waals surface area contributed by atoms with Crippen LogP contribution in [0, 0.1) is 0 Å². The van der Waals surface area contributed by atoms with Crippen LogP contribution in [0.1, 0.15) is 29.0 Å². The van der Waals surface area contributed by atoms with Crippen LogP contribution < -0.4 is 25.6 Å². The van der Waals surface area contributed by atoms with Gasteiger partial charge in [-0.15, -0.1) is 0 Å². The Morgan fingerprint density at radius 3 is 2.18 bits per heavy atom. The second-order valence-electron chi connectivity index (χ2n) is 6.97. The van der Waals surface area contributed by atoms with Crippen molar-refractivity contribution in [3.63, 3.8) is 0 Å². The molecule has 0 aliphatic heterocycles. The van der Waals surface area contributed by atoms with E-state index in [2.05, 4.69) is 16.2 Å². The molecule has 172 valence electrons. The maximum Gasteiger partial charge on any atom is 0.286 e. The topological polar surface area (TPSA) is 119 Å². The highest BCUT2D eigenvalue weighted by Crippen LogP contribution is 2.18. The summed E-state index contributed by atoms with van der Waals surface area (Å²) < 4.78 is 16.1. The minimum atomic E-state index is -0.501. The second kappa shape index (κ2) is 12.6. The van der Waals surface area contributed by atoms with Crippen molar-refractivity contribution in [1.82, 2.24) is 16.2 Å². The largest absolute Gasteiger partial charge is 0.489 e. The third kappa shape index (κ3) is 8.41. The van der Waals surface area contributed by atoms with Gasteiger partial charge in [0.25, 0.3) is 11.8 Å². The monoisotopic (exact) mass is 451 g/mol. The summed E-state index contributed by atoms with van der Waals surface area (Å²) >= 11 is 0. The van der Waals surface area contributed by atoms with E-state index in [-0.39, 0.29) is 30.6 Å². The van der Waals surface area contributed by atoms with Crippen molar-refractivity contribution in [1.29, 1.82) is 0 Å². The summed E-state index contributed by atoms with van der Waals surface area (Å²) in [5.41, 5.74) is 5.66. The molecule has 1 aromatic heterocycles. The van der Waals surface area contributed by atoms with Gasteiger partial charge < -0.3 is 19.2 Å². The molecule has 2 aromatic carbocycles. The number of carbonyl (C=O) groups excluding carboxylic acids is 3. The van der Waals surface area contributed by atoms with Gasteiger partial charge in [-0.3, -0.25) is 25.2 Å². The number of nitrogens with one attached hydrogen (secondary N) is 3. The third-order valence-corrected chi connectivity index (χ3v) is 4.39. The zero-order valence-corrected chi connectivity index (χ0v) is 17.9. The van der Waals surface area contributed by atoms with Crippen molar-refractivity contribution < 1.29 is 28.3 Å². The first-order valence-electron chi connectivity index (χ1n) is 10.4. The number of carbonyl (C=O) groups is 3. The summed E-state index contributed by atoms with van der Waals surface area (Å²) in [6.07, 6.45) is 1.94. The number of ether oxygens (including phenoxy) is 2. The summed E-state index contributed by atoms with van der Waals surface area (Å²) in [4.78, 5) is 35.3. The van der Waals surface area contributed by atoms with Crippen LogP contribution in [0.2, 0.25) is 0 Å². The number of hydrogen-bond acceptors (Lipinski definition) is 6. The fraction of sp³-hybridized carbons (Fsp3) is 0.208. The van der Waals surface area contributed by atoms with Gasteiger partial charge in [-0.25, -0.2) is 0 Å². The number of furan rings is 1. The van der Waals surface area contributed by atoms with Crippen molar-refractivity contribution >= 4 is 17.7 Å². The van der Waals surface area contributed by atoms with E-state index in [0.29, 0.717) is 31.1 Å². The van der Waals surface area contributed by atoms with Crippen molar-refractivity contribution in [2.24, 2.45) is 0 Å². The Balaban J connectivity index is 1.26. The van der Waals surface area contributed by atoms with Crippen molar-refractivity contribution in [2.45, 2.75) is 19.4 Å². The first-order chi connectivity index (χ1) is 16.1. The lowest BCUT2D eigenvalue weighted by Gasteiger charge is -2.10. The zero-order chi connectivity index (χ0) is 23.3. The molecule has 0 saturated carbocycles. The average molecular weight is 451 g/mol. The van der Waals surface area contributed by atoms with Gasteiger partial charge in [-0.05, 0) is 48.4 Å². The van der Waals surface area contributed by atoms with Crippen LogP contribution in [0.4, 0.5) is 0 Å². The number of amides is 3. The predicted octanol–water partition coefficient (Wildman–Crippen LogP) is 2.59. The Labute approximate surface area is 191 Å². The van der Waals surface area contributed by atoms with Crippen LogP contribution in [0.3, 0.4) is 0 Å². The highest BCUT2D eigenvalue weighted by molar-refractivity contribution is 5.91. The van der Waals surface area contributed by atoms with Gasteiger partial charge >= 0.3 is 0 Å². The lowest BCUT2D eigenvalue weighted by atomic mass is 10.2. The molecular formula is C24H25N3O6. The summed E-state index contributed by atoms with van der Waals surface area (Å²) in [5.74, 6) is 0.163. The average Bonchev–Trinajstić information content (AvgIpc) is 3.39. The normalized spacial score (nSPS) is 10.2. The van der Waals surface area contributed by atoms with Crippen LogP contribution in [-0.4, -0.2) is 30.9 Å². The molecule has 0 unspecified atom stereocenters. The quantitative estimate of drug-likeness (QED) is 0.305. The summed E-state index contributed by atoms with van der Waals surface area (Å²) in [5, 5.41) is 2.63. The molecule has 0 fully saturated rings. The lowest BCUT2D eigenvalue weighted by molar-refractivity contribution is -0.130. The fourth-order valence-corrected chi connectivity index (χ4v) is 2.71.